The van der Waals surface area contributed by atoms with Gasteiger partial charge >= 0.3 is 0 Å². The van der Waals surface area contributed by atoms with Crippen LogP contribution in [0, 0.1) is 11.8 Å². The summed E-state index contributed by atoms with van der Waals surface area (Å²) in [5.41, 5.74) is 1.46. The van der Waals surface area contributed by atoms with Gasteiger partial charge in [0, 0.05) is 10.7 Å². The van der Waals surface area contributed by atoms with Gasteiger partial charge in [-0.1, -0.05) is 45.9 Å². The van der Waals surface area contributed by atoms with E-state index in [2.05, 4.69) is 62.7 Å². The molecule has 0 aliphatic rings. The Labute approximate surface area is 114 Å². The van der Waals surface area contributed by atoms with Gasteiger partial charge in [-0.05, 0) is 40.8 Å². The Bertz CT molecular complexity index is 501. The van der Waals surface area contributed by atoms with Crippen LogP contribution in [0.1, 0.15) is 39.3 Å². The number of benzene rings is 1. The first-order chi connectivity index (χ1) is 8.65. The van der Waals surface area contributed by atoms with E-state index in [1.54, 1.807) is 0 Å². The second-order valence-corrected chi connectivity index (χ2v) is 6.24. The number of nitrogens with one attached hydrogen (secondary N) is 1. The second kappa shape index (κ2) is 5.85. The molecule has 0 saturated heterocycles. The summed E-state index contributed by atoms with van der Waals surface area (Å²) in [4.78, 5) is 0. The molecule has 0 amide bonds. The first-order valence-corrected chi connectivity index (χ1v) is 7.72. The number of fused-ring (bicyclic) bond motifs is 1. The highest BCUT2D eigenvalue weighted by atomic mass is 32.1. The Morgan fingerprint density at radius 2 is 1.94 bits per heavy atom. The molecule has 1 aromatic heterocycles. The van der Waals surface area contributed by atoms with Gasteiger partial charge in [-0.3, -0.25) is 0 Å². The van der Waals surface area contributed by atoms with Gasteiger partial charge in [-0.15, -0.1) is 11.3 Å². The summed E-state index contributed by atoms with van der Waals surface area (Å²) in [5.74, 6) is 1.32. The van der Waals surface area contributed by atoms with Gasteiger partial charge in [0.25, 0.3) is 0 Å². The molecule has 98 valence electrons. The van der Waals surface area contributed by atoms with Crippen molar-refractivity contribution in [3.8, 4) is 0 Å². The van der Waals surface area contributed by atoms with Crippen LogP contribution in [0.2, 0.25) is 0 Å². The predicted molar refractivity (Wildman–Crippen MR) is 82.2 cm³/mol. The summed E-state index contributed by atoms with van der Waals surface area (Å²) < 4.78 is 1.44. The van der Waals surface area contributed by atoms with Crippen LogP contribution in [0.3, 0.4) is 0 Å². The van der Waals surface area contributed by atoms with E-state index in [1.807, 2.05) is 11.3 Å². The fourth-order valence-corrected chi connectivity index (χ4v) is 3.40. The Kier molecular flexibility index (Phi) is 4.41. The van der Waals surface area contributed by atoms with Crippen molar-refractivity contribution in [1.29, 1.82) is 0 Å². The van der Waals surface area contributed by atoms with E-state index in [0.29, 0.717) is 17.9 Å². The minimum absolute atomic E-state index is 0.456. The number of thiophene rings is 1. The number of rotatable bonds is 5. The molecule has 0 radical (unpaired) electrons. The maximum Gasteiger partial charge on any atom is 0.0390 e. The Morgan fingerprint density at radius 1 is 1.17 bits per heavy atom. The first-order valence-electron chi connectivity index (χ1n) is 6.84. The van der Waals surface area contributed by atoms with Gasteiger partial charge in [-0.25, -0.2) is 0 Å². The monoisotopic (exact) mass is 261 g/mol. The van der Waals surface area contributed by atoms with Crippen LogP contribution < -0.4 is 5.32 Å². The van der Waals surface area contributed by atoms with Crippen molar-refractivity contribution >= 4 is 21.4 Å². The highest BCUT2D eigenvalue weighted by Crippen LogP contribution is 2.34. The van der Waals surface area contributed by atoms with Crippen LogP contribution in [-0.4, -0.2) is 6.54 Å². The quantitative estimate of drug-likeness (QED) is 0.811. The van der Waals surface area contributed by atoms with E-state index in [4.69, 9.17) is 0 Å². The molecule has 0 spiro atoms. The van der Waals surface area contributed by atoms with Crippen LogP contribution in [0.25, 0.3) is 10.1 Å². The van der Waals surface area contributed by atoms with Crippen molar-refractivity contribution in [2.45, 2.75) is 33.7 Å². The van der Waals surface area contributed by atoms with Crippen LogP contribution in [0.15, 0.2) is 29.6 Å². The second-order valence-electron chi connectivity index (χ2n) is 5.32. The Morgan fingerprint density at radius 3 is 2.61 bits per heavy atom. The third kappa shape index (κ3) is 2.60. The molecule has 0 bridgehead atoms. The SMILES string of the molecule is CCNC(c1cccc2ccsc12)C(C)C(C)C. The summed E-state index contributed by atoms with van der Waals surface area (Å²) in [7, 11) is 0. The standard InChI is InChI=1S/C16H23NS/c1-5-17-15(12(4)11(2)3)14-8-6-7-13-9-10-18-16(13)14/h6-12,15,17H,5H2,1-4H3. The van der Waals surface area contributed by atoms with E-state index in [0.717, 1.165) is 6.54 Å². The van der Waals surface area contributed by atoms with Crippen molar-refractivity contribution in [2.75, 3.05) is 6.54 Å². The fraction of sp³-hybridized carbons (Fsp3) is 0.500. The highest BCUT2D eigenvalue weighted by molar-refractivity contribution is 7.17. The summed E-state index contributed by atoms with van der Waals surface area (Å²) >= 11 is 1.86. The number of hydrogen-bond donors (Lipinski definition) is 1. The summed E-state index contributed by atoms with van der Waals surface area (Å²) in [6.45, 7) is 10.2. The van der Waals surface area contributed by atoms with Gasteiger partial charge in [0.1, 0.15) is 0 Å². The topological polar surface area (TPSA) is 12.0 Å². The molecule has 0 fully saturated rings. The normalized spacial score (nSPS) is 15.2. The molecule has 2 rings (SSSR count). The maximum atomic E-state index is 3.67. The third-order valence-electron chi connectivity index (χ3n) is 3.85. The molecule has 2 aromatic rings. The summed E-state index contributed by atoms with van der Waals surface area (Å²) in [6, 6.07) is 9.34. The smallest absolute Gasteiger partial charge is 0.0390 e. The van der Waals surface area contributed by atoms with Gasteiger partial charge in [0.2, 0.25) is 0 Å². The molecule has 1 heterocycles. The molecule has 2 unspecified atom stereocenters. The summed E-state index contributed by atoms with van der Waals surface area (Å²) in [6.07, 6.45) is 0. The molecule has 1 nitrogen and oxygen atoms in total. The van der Waals surface area contributed by atoms with Crippen LogP contribution in [0.4, 0.5) is 0 Å². The molecule has 1 N–H and O–H groups in total. The van der Waals surface area contributed by atoms with Crippen LogP contribution in [-0.2, 0) is 0 Å². The van der Waals surface area contributed by atoms with Gasteiger partial charge in [0.05, 0.1) is 0 Å². The Hall–Kier alpha value is -0.860. The van der Waals surface area contributed by atoms with Gasteiger partial charge < -0.3 is 5.32 Å². The lowest BCUT2D eigenvalue weighted by Gasteiger charge is -2.28. The molecule has 2 heteroatoms. The molecule has 0 aliphatic heterocycles. The molecular formula is C16H23NS. The fourth-order valence-electron chi connectivity index (χ4n) is 2.44. The largest absolute Gasteiger partial charge is 0.310 e. The summed E-state index contributed by atoms with van der Waals surface area (Å²) in [5, 5.41) is 7.23. The first kappa shape index (κ1) is 13.6. The van der Waals surface area contributed by atoms with Gasteiger partial charge in [-0.2, -0.15) is 0 Å². The van der Waals surface area contributed by atoms with Crippen molar-refractivity contribution < 1.29 is 0 Å². The lowest BCUT2D eigenvalue weighted by molar-refractivity contribution is 0.309. The van der Waals surface area contributed by atoms with E-state index in [9.17, 15) is 0 Å². The van der Waals surface area contributed by atoms with Crippen molar-refractivity contribution in [3.05, 3.63) is 35.2 Å². The molecular weight excluding hydrogens is 238 g/mol. The zero-order valence-corrected chi connectivity index (χ0v) is 12.6. The van der Waals surface area contributed by atoms with Crippen molar-refractivity contribution in [3.63, 3.8) is 0 Å². The van der Waals surface area contributed by atoms with Crippen molar-refractivity contribution in [2.24, 2.45) is 11.8 Å². The van der Waals surface area contributed by atoms with Crippen LogP contribution in [0.5, 0.6) is 0 Å². The lowest BCUT2D eigenvalue weighted by Crippen LogP contribution is -2.29. The predicted octanol–water partition coefficient (Wildman–Crippen LogP) is 4.84. The van der Waals surface area contributed by atoms with Crippen molar-refractivity contribution in [1.82, 2.24) is 5.32 Å². The molecule has 1 aromatic carbocycles. The zero-order valence-electron chi connectivity index (χ0n) is 11.7. The molecule has 0 saturated carbocycles. The average Bonchev–Trinajstić information content (AvgIpc) is 2.83. The minimum Gasteiger partial charge on any atom is -0.310 e. The van der Waals surface area contributed by atoms with E-state index in [1.165, 1.54) is 15.6 Å². The molecule has 18 heavy (non-hydrogen) atoms. The highest BCUT2D eigenvalue weighted by Gasteiger charge is 2.22. The molecule has 0 aliphatic carbocycles. The van der Waals surface area contributed by atoms with Crippen LogP contribution >= 0.6 is 11.3 Å². The average molecular weight is 261 g/mol. The van der Waals surface area contributed by atoms with Gasteiger partial charge in [0.15, 0.2) is 0 Å². The zero-order chi connectivity index (χ0) is 13.1. The molecule has 2 atom stereocenters. The van der Waals surface area contributed by atoms with E-state index < -0.39 is 0 Å². The van der Waals surface area contributed by atoms with E-state index in [-0.39, 0.29) is 0 Å². The lowest BCUT2D eigenvalue weighted by atomic mass is 9.85. The maximum absolute atomic E-state index is 3.67. The minimum atomic E-state index is 0.456. The number of hydrogen-bond acceptors (Lipinski definition) is 2. The third-order valence-corrected chi connectivity index (χ3v) is 4.83. The Balaban J connectivity index is 2.44. The van der Waals surface area contributed by atoms with E-state index >= 15 is 0 Å².